The smallest absolute Gasteiger partial charge is 0.294 e. The van der Waals surface area contributed by atoms with E-state index in [9.17, 15) is 8.78 Å². The van der Waals surface area contributed by atoms with Crippen LogP contribution in [0.4, 0.5) is 8.78 Å². The van der Waals surface area contributed by atoms with Crippen LogP contribution in [0.15, 0.2) is 0 Å². The molecule has 4 atom stereocenters. The zero-order valence-electron chi connectivity index (χ0n) is 8.83. The van der Waals surface area contributed by atoms with E-state index in [1.54, 1.807) is 13.8 Å². The molecule has 2 aliphatic rings. The number of rotatable bonds is 1. The van der Waals surface area contributed by atoms with Gasteiger partial charge in [0.25, 0.3) is 12.2 Å². The van der Waals surface area contributed by atoms with Crippen molar-refractivity contribution >= 4 is 0 Å². The van der Waals surface area contributed by atoms with Gasteiger partial charge in [0.15, 0.2) is 11.9 Å². The summed E-state index contributed by atoms with van der Waals surface area (Å²) in [6, 6.07) is 0. The molecule has 6 heteroatoms. The van der Waals surface area contributed by atoms with Gasteiger partial charge in [0, 0.05) is 7.11 Å². The first-order chi connectivity index (χ1) is 6.89. The third kappa shape index (κ3) is 1.65. The highest BCUT2D eigenvalue weighted by Gasteiger charge is 2.62. The molecule has 0 aromatic heterocycles. The maximum Gasteiger partial charge on any atom is 0.294 e. The SMILES string of the molecule is CO[C@@]1(F)[C@H](F)OC[C@H]2OC(C)(C)O[C@H]21. The number of hydrogen-bond acceptors (Lipinski definition) is 4. The first-order valence-corrected chi connectivity index (χ1v) is 4.74. The molecule has 15 heavy (non-hydrogen) atoms. The van der Waals surface area contributed by atoms with Crippen LogP contribution in [-0.2, 0) is 18.9 Å². The van der Waals surface area contributed by atoms with Crippen LogP contribution in [0.25, 0.3) is 0 Å². The molecule has 4 nitrogen and oxygen atoms in total. The molecule has 0 N–H and O–H groups in total. The van der Waals surface area contributed by atoms with E-state index in [2.05, 4.69) is 9.47 Å². The lowest BCUT2D eigenvalue weighted by Crippen LogP contribution is -2.58. The van der Waals surface area contributed by atoms with E-state index >= 15 is 0 Å². The summed E-state index contributed by atoms with van der Waals surface area (Å²) in [6.45, 7) is 3.23. The zero-order valence-corrected chi connectivity index (χ0v) is 8.83. The van der Waals surface area contributed by atoms with Crippen molar-refractivity contribution in [2.75, 3.05) is 13.7 Å². The van der Waals surface area contributed by atoms with Gasteiger partial charge in [0.05, 0.1) is 6.61 Å². The van der Waals surface area contributed by atoms with E-state index in [0.29, 0.717) is 0 Å². The van der Waals surface area contributed by atoms with Gasteiger partial charge in [-0.05, 0) is 13.8 Å². The lowest BCUT2D eigenvalue weighted by molar-refractivity contribution is -0.322. The Morgan fingerprint density at radius 3 is 2.60 bits per heavy atom. The van der Waals surface area contributed by atoms with Crippen molar-refractivity contribution in [2.24, 2.45) is 0 Å². The molecule has 0 aliphatic carbocycles. The van der Waals surface area contributed by atoms with Crippen LogP contribution >= 0.6 is 0 Å². The summed E-state index contributed by atoms with van der Waals surface area (Å²) in [5.41, 5.74) is 0. The fraction of sp³-hybridized carbons (Fsp3) is 1.00. The molecule has 88 valence electrons. The number of halogens is 2. The van der Waals surface area contributed by atoms with E-state index in [4.69, 9.17) is 9.47 Å². The lowest BCUT2D eigenvalue weighted by Gasteiger charge is -2.37. The van der Waals surface area contributed by atoms with Gasteiger partial charge in [-0.15, -0.1) is 0 Å². The summed E-state index contributed by atoms with van der Waals surface area (Å²) >= 11 is 0. The van der Waals surface area contributed by atoms with Crippen molar-refractivity contribution in [3.8, 4) is 0 Å². The molecule has 2 rings (SSSR count). The minimum atomic E-state index is -2.60. The Labute approximate surface area is 86.4 Å². The standard InChI is InChI=1S/C9H14F2O4/c1-8(2)14-5-4-13-7(10)9(11,12-3)6(5)15-8/h5-7H,4H2,1-3H3/t5-,6-,7-,9-/m1/s1. The lowest BCUT2D eigenvalue weighted by atomic mass is 10.0. The summed E-state index contributed by atoms with van der Waals surface area (Å²) in [6.07, 6.45) is -3.89. The molecule has 0 aromatic carbocycles. The van der Waals surface area contributed by atoms with E-state index < -0.39 is 30.2 Å². The van der Waals surface area contributed by atoms with Crippen molar-refractivity contribution in [3.63, 3.8) is 0 Å². The summed E-state index contributed by atoms with van der Waals surface area (Å²) < 4.78 is 47.1. The zero-order chi connectivity index (χ0) is 11.3. The molecule has 0 unspecified atom stereocenters. The van der Waals surface area contributed by atoms with Crippen molar-refractivity contribution in [2.45, 2.75) is 44.1 Å². The maximum atomic E-state index is 14.1. The van der Waals surface area contributed by atoms with Gasteiger partial charge in [-0.1, -0.05) is 0 Å². The Bertz CT molecular complexity index is 260. The molecule has 0 amide bonds. The predicted octanol–water partition coefficient (Wildman–Crippen LogP) is 1.14. The van der Waals surface area contributed by atoms with Crippen LogP contribution in [0.5, 0.6) is 0 Å². The van der Waals surface area contributed by atoms with Crippen LogP contribution in [0.3, 0.4) is 0 Å². The van der Waals surface area contributed by atoms with Gasteiger partial charge < -0.3 is 18.9 Å². The third-order valence-corrected chi connectivity index (χ3v) is 2.60. The van der Waals surface area contributed by atoms with Gasteiger partial charge in [0.1, 0.15) is 6.10 Å². The van der Waals surface area contributed by atoms with E-state index in [0.717, 1.165) is 7.11 Å². The number of alkyl halides is 2. The normalized spacial score (nSPS) is 49.0. The number of ether oxygens (including phenoxy) is 4. The second kappa shape index (κ2) is 3.35. The average Bonchev–Trinajstić information content (AvgIpc) is 2.48. The Balaban J connectivity index is 2.24. The Morgan fingerprint density at radius 1 is 1.33 bits per heavy atom. The van der Waals surface area contributed by atoms with E-state index in [-0.39, 0.29) is 6.61 Å². The largest absolute Gasteiger partial charge is 0.343 e. The summed E-state index contributed by atoms with van der Waals surface area (Å²) in [7, 11) is 1.08. The van der Waals surface area contributed by atoms with Gasteiger partial charge >= 0.3 is 0 Å². The molecule has 2 saturated heterocycles. The van der Waals surface area contributed by atoms with E-state index in [1.807, 2.05) is 0 Å². The van der Waals surface area contributed by atoms with Crippen LogP contribution < -0.4 is 0 Å². The molecule has 0 aromatic rings. The fourth-order valence-corrected chi connectivity index (χ4v) is 1.92. The molecular formula is C9H14F2O4. The van der Waals surface area contributed by atoms with Crippen LogP contribution in [0.2, 0.25) is 0 Å². The second-order valence-corrected chi connectivity index (χ2v) is 4.15. The van der Waals surface area contributed by atoms with Gasteiger partial charge in [-0.3, -0.25) is 0 Å². The molecule has 2 aliphatic heterocycles. The topological polar surface area (TPSA) is 36.9 Å². The summed E-state index contributed by atoms with van der Waals surface area (Å²) in [4.78, 5) is 0. The molecule has 0 radical (unpaired) electrons. The van der Waals surface area contributed by atoms with Crippen molar-refractivity contribution in [3.05, 3.63) is 0 Å². The predicted molar refractivity (Wildman–Crippen MR) is 45.5 cm³/mol. The van der Waals surface area contributed by atoms with Crippen LogP contribution in [-0.4, -0.2) is 43.9 Å². The minimum absolute atomic E-state index is 0.0374. The van der Waals surface area contributed by atoms with Crippen LogP contribution in [0.1, 0.15) is 13.8 Å². The van der Waals surface area contributed by atoms with Crippen molar-refractivity contribution in [1.82, 2.24) is 0 Å². The maximum absolute atomic E-state index is 14.1. The number of hydrogen-bond donors (Lipinski definition) is 0. The molecule has 0 bridgehead atoms. The molecular weight excluding hydrogens is 210 g/mol. The van der Waals surface area contributed by atoms with Gasteiger partial charge in [-0.2, -0.15) is 0 Å². The quantitative estimate of drug-likeness (QED) is 0.669. The average molecular weight is 224 g/mol. The molecule has 0 saturated carbocycles. The fourth-order valence-electron chi connectivity index (χ4n) is 1.92. The van der Waals surface area contributed by atoms with Gasteiger partial charge in [-0.25, -0.2) is 8.78 Å². The van der Waals surface area contributed by atoms with Crippen molar-refractivity contribution < 1.29 is 27.7 Å². The first kappa shape index (κ1) is 11.2. The monoisotopic (exact) mass is 224 g/mol. The highest BCUT2D eigenvalue weighted by Crippen LogP contribution is 2.42. The van der Waals surface area contributed by atoms with Crippen LogP contribution in [0, 0.1) is 0 Å². The summed E-state index contributed by atoms with van der Waals surface area (Å²) in [5, 5.41) is 0. The molecule has 2 heterocycles. The summed E-state index contributed by atoms with van der Waals surface area (Å²) in [5.74, 6) is -3.55. The molecule has 0 spiro atoms. The molecule has 2 fully saturated rings. The Morgan fingerprint density at radius 2 is 2.00 bits per heavy atom. The Hall–Kier alpha value is -0.300. The van der Waals surface area contributed by atoms with Crippen molar-refractivity contribution in [1.29, 1.82) is 0 Å². The highest BCUT2D eigenvalue weighted by molar-refractivity contribution is 4.97. The first-order valence-electron chi connectivity index (χ1n) is 4.74. The highest BCUT2D eigenvalue weighted by atomic mass is 19.2. The van der Waals surface area contributed by atoms with E-state index in [1.165, 1.54) is 0 Å². The number of methoxy groups -OCH3 is 1. The third-order valence-electron chi connectivity index (χ3n) is 2.60. The Kier molecular flexibility index (Phi) is 2.50. The van der Waals surface area contributed by atoms with Gasteiger partial charge in [0.2, 0.25) is 0 Å². The number of fused-ring (bicyclic) bond motifs is 1. The second-order valence-electron chi connectivity index (χ2n) is 4.15. The minimum Gasteiger partial charge on any atom is -0.343 e.